The lowest BCUT2D eigenvalue weighted by Gasteiger charge is -2.33. The number of aliphatic carboxylic acids is 1. The van der Waals surface area contributed by atoms with Gasteiger partial charge in [0.1, 0.15) is 11.3 Å². The molecule has 0 aromatic heterocycles. The molecule has 1 heterocycles. The fraction of sp³-hybridized carbons (Fsp3) is 0.500. The summed E-state index contributed by atoms with van der Waals surface area (Å²) >= 11 is 5.96. The summed E-state index contributed by atoms with van der Waals surface area (Å²) in [4.78, 5) is 25.4. The second kappa shape index (κ2) is 6.16. The van der Waals surface area contributed by atoms with Gasteiger partial charge in [-0.3, -0.25) is 4.79 Å². The Hall–Kier alpha value is -1.75. The third-order valence-electron chi connectivity index (χ3n) is 4.16. The Bertz CT molecular complexity index is 604. The van der Waals surface area contributed by atoms with E-state index in [1.165, 1.54) is 4.90 Å². The summed E-state index contributed by atoms with van der Waals surface area (Å²) in [6, 6.07) is 5.16. The third-order valence-corrected chi connectivity index (χ3v) is 4.58. The summed E-state index contributed by atoms with van der Waals surface area (Å²) in [5, 5.41) is 10.0. The number of likely N-dealkylation sites (tertiary alicyclic amines) is 1. The molecule has 1 saturated heterocycles. The summed E-state index contributed by atoms with van der Waals surface area (Å²) < 4.78 is 5.65. The van der Waals surface area contributed by atoms with Crippen LogP contribution in [0.3, 0.4) is 0 Å². The van der Waals surface area contributed by atoms with Crippen molar-refractivity contribution in [1.29, 1.82) is 0 Å². The van der Waals surface area contributed by atoms with Crippen LogP contribution in [0.4, 0.5) is 0 Å². The molecule has 22 heavy (non-hydrogen) atoms. The van der Waals surface area contributed by atoms with Crippen LogP contribution in [0.25, 0.3) is 0 Å². The molecule has 0 aliphatic carbocycles. The molecular formula is C16H20ClNO4. The highest BCUT2D eigenvalue weighted by Gasteiger charge is 2.47. The Kier molecular flexibility index (Phi) is 4.66. The van der Waals surface area contributed by atoms with Gasteiger partial charge in [-0.1, -0.05) is 11.6 Å². The van der Waals surface area contributed by atoms with Gasteiger partial charge in [-0.2, -0.15) is 0 Å². The molecule has 1 aliphatic heterocycles. The van der Waals surface area contributed by atoms with Crippen molar-refractivity contribution in [2.45, 2.75) is 45.3 Å². The number of carboxylic acid groups (broad SMARTS) is 1. The van der Waals surface area contributed by atoms with E-state index in [1.807, 2.05) is 6.92 Å². The van der Waals surface area contributed by atoms with Gasteiger partial charge < -0.3 is 14.7 Å². The number of hydrogen-bond donors (Lipinski definition) is 1. The van der Waals surface area contributed by atoms with Crippen molar-refractivity contribution in [3.8, 4) is 5.75 Å². The number of nitrogens with zero attached hydrogens (tertiary/aromatic N) is 1. The molecule has 1 amide bonds. The van der Waals surface area contributed by atoms with Gasteiger partial charge in [-0.05, 0) is 57.4 Å². The highest BCUT2D eigenvalue weighted by Crippen LogP contribution is 2.30. The zero-order valence-corrected chi connectivity index (χ0v) is 13.7. The fourth-order valence-corrected chi connectivity index (χ4v) is 2.82. The van der Waals surface area contributed by atoms with Crippen molar-refractivity contribution < 1.29 is 19.4 Å². The normalized spacial score (nSPS) is 22.5. The molecule has 1 aromatic rings. The lowest BCUT2D eigenvalue weighted by molar-refractivity contribution is -0.157. The van der Waals surface area contributed by atoms with Crippen LogP contribution in [0.2, 0.25) is 5.02 Å². The van der Waals surface area contributed by atoms with Gasteiger partial charge in [0.05, 0.1) is 0 Å². The Labute approximate surface area is 134 Å². The lowest BCUT2D eigenvalue weighted by Crippen LogP contribution is -2.54. The molecule has 0 radical (unpaired) electrons. The average molecular weight is 326 g/mol. The van der Waals surface area contributed by atoms with Crippen molar-refractivity contribution in [2.75, 3.05) is 6.54 Å². The smallest absolute Gasteiger partial charge is 0.329 e. The van der Waals surface area contributed by atoms with E-state index in [2.05, 4.69) is 0 Å². The number of ether oxygens (including phenoxy) is 1. The van der Waals surface area contributed by atoms with E-state index >= 15 is 0 Å². The summed E-state index contributed by atoms with van der Waals surface area (Å²) in [5.41, 5.74) is -0.291. The molecular weight excluding hydrogens is 306 g/mol. The minimum absolute atomic E-state index is 0.310. The van der Waals surface area contributed by atoms with Crippen molar-refractivity contribution in [3.05, 3.63) is 28.8 Å². The molecule has 1 N–H and O–H groups in total. The quantitative estimate of drug-likeness (QED) is 0.924. The van der Waals surface area contributed by atoms with E-state index < -0.39 is 17.6 Å². The molecule has 2 atom stereocenters. The number of carbonyl (C=O) groups excluding carboxylic acids is 1. The molecule has 2 rings (SSSR count). The molecule has 2 unspecified atom stereocenters. The maximum Gasteiger partial charge on any atom is 0.329 e. The van der Waals surface area contributed by atoms with Crippen molar-refractivity contribution in [2.24, 2.45) is 0 Å². The SMILES string of the molecule is Cc1cc(OC(C)C(=O)N2CCCC2(C)C(=O)O)ccc1Cl. The molecule has 5 nitrogen and oxygen atoms in total. The standard InChI is InChI=1S/C16H20ClNO4/c1-10-9-12(5-6-13(10)17)22-11(2)14(19)18-8-4-7-16(18,3)15(20)21/h5-6,9,11H,4,7-8H2,1-3H3,(H,20,21). The predicted molar refractivity (Wildman–Crippen MR) is 83.3 cm³/mol. The van der Waals surface area contributed by atoms with Gasteiger partial charge in [-0.25, -0.2) is 4.79 Å². The van der Waals surface area contributed by atoms with Crippen LogP contribution in [0.1, 0.15) is 32.3 Å². The fourth-order valence-electron chi connectivity index (χ4n) is 2.70. The minimum atomic E-state index is -1.15. The van der Waals surface area contributed by atoms with Gasteiger partial charge in [-0.15, -0.1) is 0 Å². The largest absolute Gasteiger partial charge is 0.481 e. The van der Waals surface area contributed by atoms with E-state index in [0.717, 1.165) is 5.56 Å². The Morgan fingerprint density at radius 3 is 2.73 bits per heavy atom. The molecule has 0 saturated carbocycles. The highest BCUT2D eigenvalue weighted by atomic mass is 35.5. The molecule has 1 aromatic carbocycles. The molecule has 1 aliphatic rings. The minimum Gasteiger partial charge on any atom is -0.481 e. The second-order valence-corrected chi connectivity index (χ2v) is 6.25. The van der Waals surface area contributed by atoms with Crippen LogP contribution in [0.5, 0.6) is 5.75 Å². The number of rotatable bonds is 4. The van der Waals surface area contributed by atoms with E-state index in [-0.39, 0.29) is 5.91 Å². The van der Waals surface area contributed by atoms with E-state index in [9.17, 15) is 14.7 Å². The molecule has 0 bridgehead atoms. The highest BCUT2D eigenvalue weighted by molar-refractivity contribution is 6.31. The van der Waals surface area contributed by atoms with Crippen LogP contribution in [-0.2, 0) is 9.59 Å². The first-order chi connectivity index (χ1) is 10.3. The van der Waals surface area contributed by atoms with Crippen LogP contribution in [-0.4, -0.2) is 40.1 Å². The maximum absolute atomic E-state index is 12.5. The lowest BCUT2D eigenvalue weighted by atomic mass is 9.99. The van der Waals surface area contributed by atoms with Crippen LogP contribution in [0.15, 0.2) is 18.2 Å². The van der Waals surface area contributed by atoms with E-state index in [0.29, 0.717) is 30.2 Å². The van der Waals surface area contributed by atoms with Gasteiger partial charge in [0.25, 0.3) is 5.91 Å². The summed E-state index contributed by atoms with van der Waals surface area (Å²) in [5.74, 6) is -0.748. The maximum atomic E-state index is 12.5. The Balaban J connectivity index is 2.12. The monoisotopic (exact) mass is 325 g/mol. The van der Waals surface area contributed by atoms with Gasteiger partial charge >= 0.3 is 5.97 Å². The number of amides is 1. The van der Waals surface area contributed by atoms with E-state index in [1.54, 1.807) is 32.0 Å². The summed E-state index contributed by atoms with van der Waals surface area (Å²) in [6.07, 6.45) is 0.389. The first-order valence-corrected chi connectivity index (χ1v) is 7.61. The van der Waals surface area contributed by atoms with Gasteiger partial charge in [0.15, 0.2) is 6.10 Å². The Morgan fingerprint density at radius 2 is 2.14 bits per heavy atom. The topological polar surface area (TPSA) is 66.8 Å². The summed E-state index contributed by atoms with van der Waals surface area (Å²) in [7, 11) is 0. The zero-order valence-electron chi connectivity index (χ0n) is 12.9. The second-order valence-electron chi connectivity index (χ2n) is 5.84. The van der Waals surface area contributed by atoms with Crippen LogP contribution >= 0.6 is 11.6 Å². The summed E-state index contributed by atoms with van der Waals surface area (Å²) in [6.45, 7) is 5.50. The number of carbonyl (C=O) groups is 2. The first-order valence-electron chi connectivity index (χ1n) is 7.23. The zero-order chi connectivity index (χ0) is 16.5. The average Bonchev–Trinajstić information content (AvgIpc) is 2.85. The van der Waals surface area contributed by atoms with Crippen molar-refractivity contribution >= 4 is 23.5 Å². The number of carboxylic acids is 1. The number of halogens is 1. The number of hydrogen-bond acceptors (Lipinski definition) is 3. The van der Waals surface area contributed by atoms with Gasteiger partial charge in [0, 0.05) is 11.6 Å². The van der Waals surface area contributed by atoms with Gasteiger partial charge in [0.2, 0.25) is 0 Å². The van der Waals surface area contributed by atoms with Crippen LogP contribution < -0.4 is 4.74 Å². The van der Waals surface area contributed by atoms with Crippen LogP contribution in [0, 0.1) is 6.92 Å². The van der Waals surface area contributed by atoms with Crippen molar-refractivity contribution in [1.82, 2.24) is 4.90 Å². The molecule has 1 fully saturated rings. The number of benzene rings is 1. The van der Waals surface area contributed by atoms with Crippen molar-refractivity contribution in [3.63, 3.8) is 0 Å². The first kappa shape index (κ1) is 16.6. The molecule has 120 valence electrons. The molecule has 0 spiro atoms. The Morgan fingerprint density at radius 1 is 1.45 bits per heavy atom. The number of aryl methyl sites for hydroxylation is 1. The van der Waals surface area contributed by atoms with E-state index in [4.69, 9.17) is 16.3 Å². The predicted octanol–water partition coefficient (Wildman–Crippen LogP) is 2.88. The molecule has 6 heteroatoms. The third kappa shape index (κ3) is 3.04.